The first-order valence-corrected chi connectivity index (χ1v) is 8.91. The van der Waals surface area contributed by atoms with E-state index in [9.17, 15) is 5.11 Å². The van der Waals surface area contributed by atoms with Crippen LogP contribution in [0.3, 0.4) is 0 Å². The van der Waals surface area contributed by atoms with Crippen molar-refractivity contribution in [3.8, 4) is 0 Å². The number of nitrogens with one attached hydrogen (secondary N) is 1. The van der Waals surface area contributed by atoms with Crippen LogP contribution in [0.5, 0.6) is 0 Å². The molecule has 0 radical (unpaired) electrons. The molecule has 1 aromatic carbocycles. The quantitative estimate of drug-likeness (QED) is 0.472. The fourth-order valence-corrected chi connectivity index (χ4v) is 2.50. The Kier molecular flexibility index (Phi) is 10.8. The Morgan fingerprint density at radius 2 is 1.60 bits per heavy atom. The third kappa shape index (κ3) is 9.37. The second kappa shape index (κ2) is 12.6. The Hall–Kier alpha value is -1.72. The van der Waals surface area contributed by atoms with Crippen molar-refractivity contribution in [1.82, 2.24) is 5.32 Å². The van der Waals surface area contributed by atoms with E-state index in [2.05, 4.69) is 12.2 Å². The molecule has 1 heterocycles. The van der Waals surface area contributed by atoms with Crippen LogP contribution in [0.25, 0.3) is 0 Å². The van der Waals surface area contributed by atoms with Gasteiger partial charge in [-0.2, -0.15) is 0 Å². The van der Waals surface area contributed by atoms with Gasteiger partial charge in [0.25, 0.3) is 0 Å². The van der Waals surface area contributed by atoms with Crippen molar-refractivity contribution in [2.75, 3.05) is 13.1 Å². The summed E-state index contributed by atoms with van der Waals surface area (Å²) in [5.41, 5.74) is 0.462. The van der Waals surface area contributed by atoms with Crippen LogP contribution < -0.4 is 5.32 Å². The largest absolute Gasteiger partial charge is 0.385 e. The molecule has 0 unspecified atom stereocenters. The summed E-state index contributed by atoms with van der Waals surface area (Å²) in [5, 5.41) is 30.5. The summed E-state index contributed by atoms with van der Waals surface area (Å²) in [7, 11) is 0. The molecule has 0 saturated carbocycles. The lowest BCUT2D eigenvalue weighted by Crippen LogP contribution is -2.39. The second-order valence-corrected chi connectivity index (χ2v) is 6.01. The molecule has 1 aliphatic heterocycles. The van der Waals surface area contributed by atoms with Crippen LogP contribution in [0.4, 0.5) is 0 Å². The molecule has 1 aromatic rings. The second-order valence-electron chi connectivity index (χ2n) is 6.01. The number of aliphatic hydroxyl groups excluding tert-OH is 1. The highest BCUT2D eigenvalue weighted by Crippen LogP contribution is 2.29. The number of hydrogen-bond donors (Lipinski definition) is 4. The smallest absolute Gasteiger partial charge is 0.154 e. The molecule has 0 atom stereocenters. The zero-order chi connectivity index (χ0) is 18.4. The minimum atomic E-state index is -1.24. The zero-order valence-electron chi connectivity index (χ0n) is 15.0. The summed E-state index contributed by atoms with van der Waals surface area (Å²) in [6.07, 6.45) is 13.0. The summed E-state index contributed by atoms with van der Waals surface area (Å²) >= 11 is 0. The molecule has 1 saturated heterocycles. The van der Waals surface area contributed by atoms with Crippen LogP contribution in [0.2, 0.25) is 0 Å². The molecule has 0 bridgehead atoms. The van der Waals surface area contributed by atoms with Crippen molar-refractivity contribution in [3.05, 3.63) is 72.4 Å². The van der Waals surface area contributed by atoms with Crippen LogP contribution in [0, 0.1) is 0 Å². The van der Waals surface area contributed by atoms with Crippen molar-refractivity contribution in [1.29, 1.82) is 0 Å². The van der Waals surface area contributed by atoms with Crippen LogP contribution in [0.15, 0.2) is 66.8 Å². The first kappa shape index (κ1) is 21.3. The molecule has 0 spiro atoms. The number of piperidine rings is 1. The van der Waals surface area contributed by atoms with Gasteiger partial charge in [0, 0.05) is 6.42 Å². The molecule has 1 fully saturated rings. The molecule has 4 nitrogen and oxygen atoms in total. The first-order chi connectivity index (χ1) is 12.1. The standard InChI is InChI=1S/C11H15NO.C10H16O2/c13-11(6-8-12-9-7-11)10-4-2-1-3-5-10;1-2-3-4-5-6-7-8-9-10(11)12/h1-5,12-13H,6-9H2;3-8,10-12H,2,9H2,1H3/b;4-3-,6-5-,8-7+. The number of hydrogen-bond acceptors (Lipinski definition) is 4. The molecule has 0 aromatic heterocycles. The van der Waals surface area contributed by atoms with E-state index in [1.165, 1.54) is 0 Å². The SMILES string of the molecule is CC\C=C/C=C\C=C\CC(O)O.OC1(c2ccccc2)CCNCC1. The molecular weight excluding hydrogens is 314 g/mol. The molecular formula is C21H31NO3. The highest BCUT2D eigenvalue weighted by molar-refractivity contribution is 5.22. The number of allylic oxidation sites excluding steroid dienone is 5. The fourth-order valence-electron chi connectivity index (χ4n) is 2.50. The van der Waals surface area contributed by atoms with E-state index >= 15 is 0 Å². The van der Waals surface area contributed by atoms with Gasteiger partial charge in [-0.05, 0) is 37.9 Å². The van der Waals surface area contributed by atoms with E-state index in [0.29, 0.717) is 0 Å². The molecule has 138 valence electrons. The Morgan fingerprint density at radius 1 is 1.00 bits per heavy atom. The summed E-state index contributed by atoms with van der Waals surface area (Å²) < 4.78 is 0. The van der Waals surface area contributed by atoms with Gasteiger partial charge in [0.1, 0.15) is 0 Å². The molecule has 4 N–H and O–H groups in total. The van der Waals surface area contributed by atoms with Crippen LogP contribution >= 0.6 is 0 Å². The molecule has 2 rings (SSSR count). The highest BCUT2D eigenvalue weighted by Gasteiger charge is 2.30. The predicted molar refractivity (Wildman–Crippen MR) is 103 cm³/mol. The van der Waals surface area contributed by atoms with E-state index in [1.54, 1.807) is 12.2 Å². The minimum Gasteiger partial charge on any atom is -0.385 e. The highest BCUT2D eigenvalue weighted by atomic mass is 16.5. The van der Waals surface area contributed by atoms with E-state index in [0.717, 1.165) is 37.9 Å². The van der Waals surface area contributed by atoms with Crippen molar-refractivity contribution in [2.45, 2.75) is 44.5 Å². The van der Waals surface area contributed by atoms with Crippen LogP contribution in [-0.2, 0) is 5.60 Å². The summed E-state index contributed by atoms with van der Waals surface area (Å²) in [5.74, 6) is 0. The Bertz CT molecular complexity index is 529. The van der Waals surface area contributed by atoms with Gasteiger partial charge >= 0.3 is 0 Å². The van der Waals surface area contributed by atoms with E-state index < -0.39 is 11.9 Å². The summed E-state index contributed by atoms with van der Waals surface area (Å²) in [6, 6.07) is 9.95. The molecule has 4 heteroatoms. The van der Waals surface area contributed by atoms with Crippen molar-refractivity contribution in [3.63, 3.8) is 0 Å². The number of benzene rings is 1. The van der Waals surface area contributed by atoms with Crippen LogP contribution in [-0.4, -0.2) is 34.7 Å². The molecule has 0 amide bonds. The van der Waals surface area contributed by atoms with Gasteiger partial charge in [-0.25, -0.2) is 0 Å². The normalized spacial score (nSPS) is 17.3. The monoisotopic (exact) mass is 345 g/mol. The lowest BCUT2D eigenvalue weighted by Gasteiger charge is -2.32. The van der Waals surface area contributed by atoms with Crippen molar-refractivity contribution < 1.29 is 15.3 Å². The topological polar surface area (TPSA) is 72.7 Å². The zero-order valence-corrected chi connectivity index (χ0v) is 15.0. The van der Waals surface area contributed by atoms with Crippen molar-refractivity contribution >= 4 is 0 Å². The van der Waals surface area contributed by atoms with Gasteiger partial charge in [-0.3, -0.25) is 0 Å². The van der Waals surface area contributed by atoms with Gasteiger partial charge in [-0.1, -0.05) is 73.7 Å². The maximum Gasteiger partial charge on any atom is 0.154 e. The molecule has 1 aliphatic rings. The summed E-state index contributed by atoms with van der Waals surface area (Å²) in [6.45, 7) is 3.89. The number of rotatable bonds is 6. The third-order valence-electron chi connectivity index (χ3n) is 3.93. The average Bonchev–Trinajstić information content (AvgIpc) is 2.63. The Morgan fingerprint density at radius 3 is 2.16 bits per heavy atom. The van der Waals surface area contributed by atoms with E-state index in [-0.39, 0.29) is 6.42 Å². The Balaban J connectivity index is 0.000000252. The summed E-state index contributed by atoms with van der Waals surface area (Å²) in [4.78, 5) is 0. The third-order valence-corrected chi connectivity index (χ3v) is 3.93. The van der Waals surface area contributed by atoms with E-state index in [1.807, 2.05) is 54.6 Å². The lowest BCUT2D eigenvalue weighted by atomic mass is 9.85. The Labute approximate surface area is 151 Å². The van der Waals surface area contributed by atoms with Crippen LogP contribution in [0.1, 0.15) is 38.2 Å². The van der Waals surface area contributed by atoms with Gasteiger partial charge in [-0.15, -0.1) is 0 Å². The van der Waals surface area contributed by atoms with Crippen molar-refractivity contribution in [2.24, 2.45) is 0 Å². The minimum absolute atomic E-state index is 0.280. The van der Waals surface area contributed by atoms with Gasteiger partial charge in [0.05, 0.1) is 5.60 Å². The number of aliphatic hydroxyl groups is 3. The molecule has 25 heavy (non-hydrogen) atoms. The van der Waals surface area contributed by atoms with Gasteiger partial charge < -0.3 is 20.6 Å². The van der Waals surface area contributed by atoms with Gasteiger partial charge in [0.2, 0.25) is 0 Å². The average molecular weight is 345 g/mol. The fraction of sp³-hybridized carbons (Fsp3) is 0.429. The molecule has 0 aliphatic carbocycles. The van der Waals surface area contributed by atoms with Gasteiger partial charge in [0.15, 0.2) is 6.29 Å². The van der Waals surface area contributed by atoms with E-state index in [4.69, 9.17) is 10.2 Å². The predicted octanol–water partition coefficient (Wildman–Crippen LogP) is 3.02. The lowest BCUT2D eigenvalue weighted by molar-refractivity contribution is -0.0360. The maximum absolute atomic E-state index is 10.3. The maximum atomic E-state index is 10.3. The first-order valence-electron chi connectivity index (χ1n) is 8.91.